The minimum atomic E-state index is -0.309. The largest absolute Gasteiger partial charge is 0.259 e. The van der Waals surface area contributed by atoms with Crippen LogP contribution in [0.2, 0.25) is 0 Å². The molecule has 4 heteroatoms. The van der Waals surface area contributed by atoms with Gasteiger partial charge in [-0.2, -0.15) is 0 Å². The van der Waals surface area contributed by atoms with E-state index >= 15 is 0 Å². The molecular formula is C5H7NO2S. The van der Waals surface area contributed by atoms with Gasteiger partial charge < -0.3 is 0 Å². The second kappa shape index (κ2) is 2.39. The van der Waals surface area contributed by atoms with Crippen molar-refractivity contribution in [1.82, 2.24) is 0 Å². The molecule has 0 N–H and O–H groups in total. The lowest BCUT2D eigenvalue weighted by molar-refractivity contribution is -0.423. The molecule has 0 aromatic rings. The van der Waals surface area contributed by atoms with Crippen molar-refractivity contribution in [3.05, 3.63) is 21.9 Å². The summed E-state index contributed by atoms with van der Waals surface area (Å²) in [7, 11) is 0. The van der Waals surface area contributed by atoms with Gasteiger partial charge in [0.1, 0.15) is 0 Å². The van der Waals surface area contributed by atoms with Gasteiger partial charge in [-0.3, -0.25) is 10.1 Å². The Labute approximate surface area is 57.3 Å². The van der Waals surface area contributed by atoms with E-state index in [2.05, 4.69) is 0 Å². The zero-order chi connectivity index (χ0) is 6.85. The summed E-state index contributed by atoms with van der Waals surface area (Å²) < 4.78 is 0. The Bertz CT molecular complexity index is 166. The molecule has 0 aliphatic carbocycles. The Kier molecular flexibility index (Phi) is 1.75. The monoisotopic (exact) mass is 145 g/mol. The zero-order valence-corrected chi connectivity index (χ0v) is 5.85. The summed E-state index contributed by atoms with van der Waals surface area (Å²) >= 11 is 1.60. The van der Waals surface area contributed by atoms with Gasteiger partial charge in [0.2, 0.25) is 0 Å². The molecule has 0 fully saturated rings. The first-order valence-electron chi connectivity index (χ1n) is 2.67. The van der Waals surface area contributed by atoms with E-state index in [0.717, 1.165) is 0 Å². The van der Waals surface area contributed by atoms with Crippen molar-refractivity contribution >= 4 is 11.8 Å². The van der Waals surface area contributed by atoms with Crippen molar-refractivity contribution in [2.24, 2.45) is 0 Å². The van der Waals surface area contributed by atoms with Crippen LogP contribution < -0.4 is 0 Å². The molecule has 1 rings (SSSR count). The molecule has 1 heterocycles. The van der Waals surface area contributed by atoms with Crippen LogP contribution in [-0.4, -0.2) is 15.9 Å². The molecule has 3 nitrogen and oxygen atoms in total. The van der Waals surface area contributed by atoms with Crippen LogP contribution >= 0.6 is 11.8 Å². The second-order valence-electron chi connectivity index (χ2n) is 1.93. The van der Waals surface area contributed by atoms with Crippen molar-refractivity contribution in [3.63, 3.8) is 0 Å². The SMILES string of the molecule is CC1C=C([N+](=O)[O-])CS1. The second-order valence-corrected chi connectivity index (χ2v) is 3.30. The van der Waals surface area contributed by atoms with E-state index in [1.54, 1.807) is 17.8 Å². The molecule has 0 aromatic carbocycles. The molecule has 0 saturated heterocycles. The first kappa shape index (κ1) is 6.61. The highest BCUT2D eigenvalue weighted by Gasteiger charge is 2.20. The van der Waals surface area contributed by atoms with Crippen molar-refractivity contribution in [1.29, 1.82) is 0 Å². The van der Waals surface area contributed by atoms with Crippen LogP contribution in [0.1, 0.15) is 6.92 Å². The van der Waals surface area contributed by atoms with Gasteiger partial charge >= 0.3 is 0 Å². The summed E-state index contributed by atoms with van der Waals surface area (Å²) in [5.41, 5.74) is 0.354. The van der Waals surface area contributed by atoms with Gasteiger partial charge in [0, 0.05) is 11.3 Å². The van der Waals surface area contributed by atoms with E-state index in [9.17, 15) is 10.1 Å². The lowest BCUT2D eigenvalue weighted by atomic mass is 10.4. The fourth-order valence-corrected chi connectivity index (χ4v) is 1.59. The summed E-state index contributed by atoms with van der Waals surface area (Å²) in [5, 5.41) is 10.4. The summed E-state index contributed by atoms with van der Waals surface area (Å²) in [4.78, 5) is 9.76. The molecule has 1 aliphatic heterocycles. The number of nitrogens with zero attached hydrogens (tertiary/aromatic N) is 1. The van der Waals surface area contributed by atoms with Gasteiger partial charge in [-0.15, -0.1) is 11.8 Å². The molecule has 50 valence electrons. The Hall–Kier alpha value is -0.510. The molecule has 1 atom stereocenters. The van der Waals surface area contributed by atoms with Crippen LogP contribution in [0.3, 0.4) is 0 Å². The van der Waals surface area contributed by atoms with Gasteiger partial charge in [0.25, 0.3) is 5.70 Å². The van der Waals surface area contributed by atoms with E-state index in [0.29, 0.717) is 16.7 Å². The Morgan fingerprint density at radius 2 is 2.67 bits per heavy atom. The van der Waals surface area contributed by atoms with Crippen LogP contribution in [0.4, 0.5) is 0 Å². The number of thioether (sulfide) groups is 1. The van der Waals surface area contributed by atoms with E-state index in [4.69, 9.17) is 0 Å². The standard InChI is InChI=1S/C5H7NO2S/c1-4-2-5(3-9-4)6(7)8/h2,4H,3H2,1H3. The fourth-order valence-electron chi connectivity index (χ4n) is 0.698. The minimum absolute atomic E-state index is 0.309. The maximum absolute atomic E-state index is 10.1. The third kappa shape index (κ3) is 1.45. The summed E-state index contributed by atoms with van der Waals surface area (Å²) in [5.74, 6) is 0.564. The number of hydrogen-bond acceptors (Lipinski definition) is 3. The van der Waals surface area contributed by atoms with Crippen molar-refractivity contribution in [3.8, 4) is 0 Å². The van der Waals surface area contributed by atoms with E-state index in [-0.39, 0.29) is 4.92 Å². The minimum Gasteiger partial charge on any atom is -0.259 e. The topological polar surface area (TPSA) is 43.1 Å². The lowest BCUT2D eigenvalue weighted by Crippen LogP contribution is -1.96. The Morgan fingerprint density at radius 3 is 2.89 bits per heavy atom. The number of rotatable bonds is 1. The molecule has 9 heavy (non-hydrogen) atoms. The normalized spacial score (nSPS) is 25.9. The van der Waals surface area contributed by atoms with Crippen molar-refractivity contribution < 1.29 is 4.92 Å². The smallest absolute Gasteiger partial charge is 0.253 e. The maximum atomic E-state index is 10.1. The fraction of sp³-hybridized carbons (Fsp3) is 0.600. The molecule has 0 radical (unpaired) electrons. The van der Waals surface area contributed by atoms with Crippen molar-refractivity contribution in [2.45, 2.75) is 12.2 Å². The zero-order valence-electron chi connectivity index (χ0n) is 5.03. The van der Waals surface area contributed by atoms with Crippen LogP contribution in [-0.2, 0) is 0 Å². The third-order valence-electron chi connectivity index (χ3n) is 1.16. The van der Waals surface area contributed by atoms with Gasteiger partial charge in [-0.25, -0.2) is 0 Å². The molecule has 1 unspecified atom stereocenters. The molecule has 0 spiro atoms. The predicted octanol–water partition coefficient (Wildman–Crippen LogP) is 1.28. The van der Waals surface area contributed by atoms with Gasteiger partial charge in [0.05, 0.1) is 10.7 Å². The molecule has 1 aliphatic rings. The van der Waals surface area contributed by atoms with E-state index in [1.165, 1.54) is 0 Å². The van der Waals surface area contributed by atoms with E-state index in [1.807, 2.05) is 6.92 Å². The van der Waals surface area contributed by atoms with Crippen LogP contribution in [0.5, 0.6) is 0 Å². The first-order chi connectivity index (χ1) is 4.20. The lowest BCUT2D eigenvalue weighted by Gasteiger charge is -1.88. The Balaban J connectivity index is 2.62. The predicted molar refractivity (Wildman–Crippen MR) is 37.0 cm³/mol. The highest BCUT2D eigenvalue weighted by atomic mass is 32.2. The molecule has 0 aromatic heterocycles. The van der Waals surface area contributed by atoms with Gasteiger partial charge in [-0.1, -0.05) is 0 Å². The highest BCUT2D eigenvalue weighted by Crippen LogP contribution is 2.24. The quantitative estimate of drug-likeness (QED) is 0.412. The highest BCUT2D eigenvalue weighted by molar-refractivity contribution is 8.00. The molecule has 0 bridgehead atoms. The molecule has 0 amide bonds. The summed E-state index contributed by atoms with van der Waals surface area (Å²) in [6.45, 7) is 1.96. The maximum Gasteiger partial charge on any atom is 0.253 e. The number of nitro groups is 1. The Morgan fingerprint density at radius 1 is 2.00 bits per heavy atom. The average Bonchev–Trinajstić information content (AvgIpc) is 2.14. The van der Waals surface area contributed by atoms with E-state index < -0.39 is 0 Å². The van der Waals surface area contributed by atoms with Crippen LogP contribution in [0, 0.1) is 10.1 Å². The molecule has 0 saturated carbocycles. The molecular weight excluding hydrogens is 138 g/mol. The first-order valence-corrected chi connectivity index (χ1v) is 3.71. The number of hydrogen-bond donors (Lipinski definition) is 0. The van der Waals surface area contributed by atoms with Gasteiger partial charge in [-0.05, 0) is 6.92 Å². The summed E-state index contributed by atoms with van der Waals surface area (Å²) in [6.07, 6.45) is 1.70. The van der Waals surface area contributed by atoms with Crippen LogP contribution in [0.15, 0.2) is 11.8 Å². The third-order valence-corrected chi connectivity index (χ3v) is 2.28. The van der Waals surface area contributed by atoms with Crippen LogP contribution in [0.25, 0.3) is 0 Å². The average molecular weight is 145 g/mol. The van der Waals surface area contributed by atoms with Crippen molar-refractivity contribution in [2.75, 3.05) is 5.75 Å². The summed E-state index contributed by atoms with van der Waals surface area (Å²) in [6, 6.07) is 0. The van der Waals surface area contributed by atoms with Gasteiger partial charge in [0.15, 0.2) is 0 Å².